The average Bonchev–Trinajstić information content (AvgIpc) is 2.74. The third kappa shape index (κ3) is 3.28. The molecule has 4 aromatic rings. The van der Waals surface area contributed by atoms with E-state index in [0.717, 1.165) is 11.1 Å². The van der Waals surface area contributed by atoms with Gasteiger partial charge in [0.2, 0.25) is 0 Å². The number of benzene rings is 1. The lowest BCUT2D eigenvalue weighted by Gasteiger charge is -2.16. The molecule has 30 heavy (non-hydrogen) atoms. The van der Waals surface area contributed by atoms with Crippen LogP contribution in [0.5, 0.6) is 0 Å². The standard InChI is InChI=1S/C23H23N5O2/c1-4-27-20(24)17(22(29)25-15(3)16-8-6-5-7-9-16)12-18-21(27)26-19-11-10-14(2)13-28(19)23(18)30/h5-13,15,24H,4H2,1-3H3,(H,25,29). The summed E-state index contributed by atoms with van der Waals surface area (Å²) in [4.78, 5) is 30.8. The molecule has 3 aromatic heterocycles. The number of hydrogen-bond acceptors (Lipinski definition) is 4. The number of fused-ring (bicyclic) bond motifs is 2. The van der Waals surface area contributed by atoms with E-state index in [9.17, 15) is 9.59 Å². The molecule has 0 aliphatic heterocycles. The van der Waals surface area contributed by atoms with Gasteiger partial charge in [0.25, 0.3) is 11.5 Å². The van der Waals surface area contributed by atoms with E-state index in [1.807, 2.05) is 57.2 Å². The molecule has 7 heteroatoms. The number of nitrogens with one attached hydrogen (secondary N) is 2. The van der Waals surface area contributed by atoms with Gasteiger partial charge in [-0.3, -0.25) is 19.4 Å². The number of aromatic nitrogens is 3. The third-order valence-electron chi connectivity index (χ3n) is 5.26. The Bertz CT molecular complexity index is 1390. The SMILES string of the molecule is CCn1c(=N)c(C(=O)NC(C)c2ccccc2)cc2c(=O)n3cc(C)ccc3nc21. The summed E-state index contributed by atoms with van der Waals surface area (Å²) >= 11 is 0. The number of carbonyl (C=O) groups excluding carboxylic acids is 1. The second-order valence-corrected chi connectivity index (χ2v) is 7.35. The topological polar surface area (TPSA) is 92.2 Å². The van der Waals surface area contributed by atoms with Gasteiger partial charge in [0, 0.05) is 12.7 Å². The van der Waals surface area contributed by atoms with Gasteiger partial charge in [-0.1, -0.05) is 36.4 Å². The van der Waals surface area contributed by atoms with Crippen LogP contribution in [0.25, 0.3) is 16.7 Å². The molecule has 4 rings (SSSR count). The molecular weight excluding hydrogens is 378 g/mol. The van der Waals surface area contributed by atoms with Gasteiger partial charge in [-0.05, 0) is 44.0 Å². The number of carbonyl (C=O) groups is 1. The summed E-state index contributed by atoms with van der Waals surface area (Å²) in [7, 11) is 0. The van der Waals surface area contributed by atoms with E-state index in [1.54, 1.807) is 16.8 Å². The Balaban J connectivity index is 1.88. The van der Waals surface area contributed by atoms with Crippen LogP contribution in [0, 0.1) is 12.3 Å². The Morgan fingerprint density at radius 3 is 2.63 bits per heavy atom. The Morgan fingerprint density at radius 1 is 1.20 bits per heavy atom. The van der Waals surface area contributed by atoms with Crippen LogP contribution in [-0.2, 0) is 6.54 Å². The summed E-state index contributed by atoms with van der Waals surface area (Å²) in [6.45, 7) is 6.07. The molecule has 1 aromatic carbocycles. The van der Waals surface area contributed by atoms with Crippen molar-refractivity contribution in [2.45, 2.75) is 33.4 Å². The quantitative estimate of drug-likeness (QED) is 0.515. The molecule has 0 radical (unpaired) electrons. The lowest BCUT2D eigenvalue weighted by molar-refractivity contribution is 0.0937. The Hall–Kier alpha value is -3.74. The van der Waals surface area contributed by atoms with E-state index in [-0.39, 0.29) is 22.7 Å². The van der Waals surface area contributed by atoms with Crippen LogP contribution >= 0.6 is 0 Å². The molecule has 152 valence electrons. The summed E-state index contributed by atoms with van der Waals surface area (Å²) in [6, 6.07) is 14.5. The van der Waals surface area contributed by atoms with E-state index in [2.05, 4.69) is 10.3 Å². The first kappa shape index (κ1) is 19.6. The second-order valence-electron chi connectivity index (χ2n) is 7.35. The number of pyridine rings is 2. The predicted molar refractivity (Wildman–Crippen MR) is 116 cm³/mol. The minimum absolute atomic E-state index is 0.0334. The van der Waals surface area contributed by atoms with Crippen molar-refractivity contribution >= 4 is 22.6 Å². The van der Waals surface area contributed by atoms with Gasteiger partial charge in [-0.2, -0.15) is 0 Å². The molecule has 0 aliphatic rings. The summed E-state index contributed by atoms with van der Waals surface area (Å²) < 4.78 is 3.08. The highest BCUT2D eigenvalue weighted by Crippen LogP contribution is 2.14. The second kappa shape index (κ2) is 7.59. The first-order chi connectivity index (χ1) is 14.4. The van der Waals surface area contributed by atoms with Gasteiger partial charge in [0.05, 0.1) is 17.0 Å². The maximum Gasteiger partial charge on any atom is 0.267 e. The highest BCUT2D eigenvalue weighted by Gasteiger charge is 2.18. The molecule has 0 fully saturated rings. The summed E-state index contributed by atoms with van der Waals surface area (Å²) in [5.41, 5.74) is 2.74. The van der Waals surface area contributed by atoms with Crippen LogP contribution in [-0.4, -0.2) is 19.9 Å². The molecule has 7 nitrogen and oxygen atoms in total. The summed E-state index contributed by atoms with van der Waals surface area (Å²) in [6.07, 6.45) is 1.73. The molecule has 1 unspecified atom stereocenters. The van der Waals surface area contributed by atoms with Gasteiger partial charge >= 0.3 is 0 Å². The van der Waals surface area contributed by atoms with Gasteiger partial charge in [0.15, 0.2) is 0 Å². The highest BCUT2D eigenvalue weighted by atomic mass is 16.1. The van der Waals surface area contributed by atoms with Crippen molar-refractivity contribution < 1.29 is 4.79 Å². The highest BCUT2D eigenvalue weighted by molar-refractivity contribution is 5.97. The van der Waals surface area contributed by atoms with Crippen molar-refractivity contribution in [3.63, 3.8) is 0 Å². The van der Waals surface area contributed by atoms with Crippen LogP contribution in [0.2, 0.25) is 0 Å². The largest absolute Gasteiger partial charge is 0.345 e. The maximum atomic E-state index is 13.2. The van der Waals surface area contributed by atoms with E-state index < -0.39 is 5.91 Å². The Kier molecular flexibility index (Phi) is 4.95. The zero-order valence-electron chi connectivity index (χ0n) is 17.1. The minimum atomic E-state index is -0.394. The molecule has 0 bridgehead atoms. The van der Waals surface area contributed by atoms with Crippen molar-refractivity contribution in [3.8, 4) is 0 Å². The lowest BCUT2D eigenvalue weighted by Crippen LogP contribution is -2.35. The van der Waals surface area contributed by atoms with E-state index in [4.69, 9.17) is 5.41 Å². The first-order valence-corrected chi connectivity index (χ1v) is 9.87. The van der Waals surface area contributed by atoms with E-state index >= 15 is 0 Å². The fraction of sp³-hybridized carbons (Fsp3) is 0.217. The van der Waals surface area contributed by atoms with Crippen molar-refractivity contribution in [2.24, 2.45) is 0 Å². The maximum absolute atomic E-state index is 13.2. The number of hydrogen-bond donors (Lipinski definition) is 2. The number of amides is 1. The lowest BCUT2D eigenvalue weighted by atomic mass is 10.1. The first-order valence-electron chi connectivity index (χ1n) is 9.87. The van der Waals surface area contributed by atoms with Crippen LogP contribution in [0.3, 0.4) is 0 Å². The van der Waals surface area contributed by atoms with Gasteiger partial charge < -0.3 is 9.88 Å². The summed E-state index contributed by atoms with van der Waals surface area (Å²) in [5.74, 6) is -0.394. The Labute approximate surface area is 173 Å². The molecule has 2 N–H and O–H groups in total. The molecule has 0 saturated carbocycles. The molecule has 3 heterocycles. The van der Waals surface area contributed by atoms with Crippen LogP contribution < -0.4 is 16.4 Å². The van der Waals surface area contributed by atoms with Gasteiger partial charge in [-0.25, -0.2) is 4.98 Å². The predicted octanol–water partition coefficient (Wildman–Crippen LogP) is 2.95. The number of nitrogens with zero attached hydrogens (tertiary/aromatic N) is 3. The molecule has 1 atom stereocenters. The van der Waals surface area contributed by atoms with Gasteiger partial charge in [0.1, 0.15) is 16.8 Å². The van der Waals surface area contributed by atoms with Crippen molar-refractivity contribution in [3.05, 3.63) is 87.3 Å². The third-order valence-corrected chi connectivity index (χ3v) is 5.26. The van der Waals surface area contributed by atoms with Crippen molar-refractivity contribution in [1.29, 1.82) is 5.41 Å². The molecule has 0 aliphatic carbocycles. The van der Waals surface area contributed by atoms with Crippen molar-refractivity contribution in [2.75, 3.05) is 0 Å². The smallest absolute Gasteiger partial charge is 0.267 e. The fourth-order valence-corrected chi connectivity index (χ4v) is 3.62. The normalized spacial score (nSPS) is 12.2. The number of aryl methyl sites for hydroxylation is 2. The summed E-state index contributed by atoms with van der Waals surface area (Å²) in [5, 5.41) is 11.8. The van der Waals surface area contributed by atoms with Crippen LogP contribution in [0.1, 0.15) is 41.4 Å². The average molecular weight is 401 g/mol. The van der Waals surface area contributed by atoms with Gasteiger partial charge in [-0.15, -0.1) is 0 Å². The zero-order valence-corrected chi connectivity index (χ0v) is 17.1. The van der Waals surface area contributed by atoms with Crippen LogP contribution in [0.4, 0.5) is 0 Å². The molecule has 0 spiro atoms. The van der Waals surface area contributed by atoms with Crippen molar-refractivity contribution in [1.82, 2.24) is 19.3 Å². The Morgan fingerprint density at radius 2 is 1.93 bits per heavy atom. The molecule has 1 amide bonds. The van der Waals surface area contributed by atoms with Crippen LogP contribution in [0.15, 0.2) is 59.5 Å². The molecular formula is C23H23N5O2. The fourth-order valence-electron chi connectivity index (χ4n) is 3.62. The minimum Gasteiger partial charge on any atom is -0.345 e. The monoisotopic (exact) mass is 401 g/mol. The van der Waals surface area contributed by atoms with E-state index in [0.29, 0.717) is 23.2 Å². The van der Waals surface area contributed by atoms with E-state index in [1.165, 1.54) is 10.5 Å². The molecule has 0 saturated heterocycles. The number of rotatable bonds is 4. The zero-order chi connectivity index (χ0) is 21.4.